The summed E-state index contributed by atoms with van der Waals surface area (Å²) in [7, 11) is 0. The molecular formula is C15H14F2N4OS. The third-order valence-electron chi connectivity index (χ3n) is 3.79. The van der Waals surface area contributed by atoms with Crippen molar-refractivity contribution < 1.29 is 13.2 Å². The van der Waals surface area contributed by atoms with Crippen LogP contribution in [0.1, 0.15) is 43.0 Å². The van der Waals surface area contributed by atoms with E-state index in [-0.39, 0.29) is 11.4 Å². The molecule has 2 aromatic heterocycles. The highest BCUT2D eigenvalue weighted by atomic mass is 32.1. The van der Waals surface area contributed by atoms with Crippen LogP contribution >= 0.6 is 11.3 Å². The number of hydrogen-bond acceptors (Lipinski definition) is 6. The smallest absolute Gasteiger partial charge is 0.314 e. The third kappa shape index (κ3) is 3.12. The molecule has 0 radical (unpaired) electrons. The Bertz CT molecular complexity index is 733. The fourth-order valence-electron chi connectivity index (χ4n) is 2.41. The molecule has 0 amide bonds. The molecule has 0 unspecified atom stereocenters. The Labute approximate surface area is 135 Å². The molecule has 1 fully saturated rings. The Balaban J connectivity index is 1.87. The minimum atomic E-state index is -2.81. The summed E-state index contributed by atoms with van der Waals surface area (Å²) < 4.78 is 30.1. The number of aliphatic imine (C=N–C) groups is 2. The summed E-state index contributed by atoms with van der Waals surface area (Å²) in [6.07, 6.45) is 3.10. The van der Waals surface area contributed by atoms with Crippen molar-refractivity contribution in [2.45, 2.75) is 31.2 Å². The Morgan fingerprint density at radius 2 is 2.26 bits per heavy atom. The maximum Gasteiger partial charge on any atom is 0.314 e. The van der Waals surface area contributed by atoms with E-state index in [0.717, 1.165) is 24.8 Å². The Morgan fingerprint density at radius 1 is 1.43 bits per heavy atom. The molecule has 0 aromatic carbocycles. The minimum absolute atomic E-state index is 0.0451. The maximum atomic E-state index is 12.6. The topological polar surface area (TPSA) is 63.6 Å². The molecule has 3 rings (SSSR count). The number of rotatable bonds is 6. The summed E-state index contributed by atoms with van der Waals surface area (Å²) >= 11 is 1.62. The van der Waals surface area contributed by atoms with Gasteiger partial charge >= 0.3 is 6.43 Å². The van der Waals surface area contributed by atoms with E-state index < -0.39 is 12.3 Å². The zero-order valence-corrected chi connectivity index (χ0v) is 13.0. The van der Waals surface area contributed by atoms with E-state index in [1.165, 1.54) is 6.20 Å². The Morgan fingerprint density at radius 3 is 2.78 bits per heavy atom. The van der Waals surface area contributed by atoms with Gasteiger partial charge in [-0.05, 0) is 48.4 Å². The molecular weight excluding hydrogens is 322 g/mol. The molecule has 2 heterocycles. The van der Waals surface area contributed by atoms with Crippen molar-refractivity contribution in [3.63, 3.8) is 0 Å². The minimum Gasteiger partial charge on any atom is -0.415 e. The Hall–Kier alpha value is -2.22. The van der Waals surface area contributed by atoms with Gasteiger partial charge in [-0.3, -0.25) is 9.98 Å². The summed E-state index contributed by atoms with van der Waals surface area (Å²) in [5.74, 6) is -0.768. The molecule has 0 saturated heterocycles. The largest absolute Gasteiger partial charge is 0.415 e. The molecule has 5 nitrogen and oxygen atoms in total. The number of hydrogen-bond donors (Lipinski definition) is 0. The molecule has 0 bridgehead atoms. The van der Waals surface area contributed by atoms with Crippen LogP contribution in [0.4, 0.5) is 8.78 Å². The summed E-state index contributed by atoms with van der Waals surface area (Å²) in [5.41, 5.74) is 1.27. The van der Waals surface area contributed by atoms with Gasteiger partial charge in [-0.25, -0.2) is 0 Å². The van der Waals surface area contributed by atoms with Crippen molar-refractivity contribution in [2.75, 3.05) is 0 Å². The van der Waals surface area contributed by atoms with Crippen molar-refractivity contribution in [1.82, 2.24) is 10.2 Å². The number of halogens is 2. The van der Waals surface area contributed by atoms with Crippen LogP contribution in [0, 0.1) is 0 Å². The van der Waals surface area contributed by atoms with Crippen LogP contribution in [0.25, 0.3) is 5.57 Å². The number of nitrogens with zero attached hydrogens (tertiary/aromatic N) is 4. The zero-order chi connectivity index (χ0) is 16.3. The number of aromatic nitrogens is 2. The van der Waals surface area contributed by atoms with Gasteiger partial charge in [-0.15, -0.1) is 10.2 Å². The average Bonchev–Trinajstić information content (AvgIpc) is 3.16. The second-order valence-corrected chi connectivity index (χ2v) is 5.95. The van der Waals surface area contributed by atoms with Crippen LogP contribution in [-0.2, 0) is 5.54 Å². The van der Waals surface area contributed by atoms with Crippen molar-refractivity contribution in [2.24, 2.45) is 9.98 Å². The lowest BCUT2D eigenvalue weighted by molar-refractivity contribution is 0.114. The Kier molecular flexibility index (Phi) is 4.42. The first-order chi connectivity index (χ1) is 11.1. The fourth-order valence-corrected chi connectivity index (χ4v) is 3.16. The van der Waals surface area contributed by atoms with Crippen molar-refractivity contribution in [1.29, 1.82) is 0 Å². The highest BCUT2D eigenvalue weighted by molar-refractivity contribution is 7.08. The summed E-state index contributed by atoms with van der Waals surface area (Å²) in [6.45, 7) is 3.37. The van der Waals surface area contributed by atoms with Crippen LogP contribution in [0.15, 0.2) is 37.4 Å². The van der Waals surface area contributed by atoms with Gasteiger partial charge in [0.2, 0.25) is 0 Å². The predicted molar refractivity (Wildman–Crippen MR) is 85.1 cm³/mol. The van der Waals surface area contributed by atoms with Crippen LogP contribution in [0.5, 0.6) is 0 Å². The number of allylic oxidation sites excluding steroid dienone is 1. The molecule has 0 aliphatic heterocycles. The van der Waals surface area contributed by atoms with Gasteiger partial charge in [-0.2, -0.15) is 20.1 Å². The van der Waals surface area contributed by atoms with Gasteiger partial charge in [0.05, 0.1) is 11.1 Å². The van der Waals surface area contributed by atoms with Gasteiger partial charge in [-0.1, -0.05) is 0 Å². The van der Waals surface area contributed by atoms with Gasteiger partial charge in [0, 0.05) is 12.4 Å². The molecule has 0 atom stereocenters. The summed E-state index contributed by atoms with van der Waals surface area (Å²) in [6, 6.07) is 2.05. The van der Waals surface area contributed by atoms with Crippen molar-refractivity contribution in [3.8, 4) is 0 Å². The van der Waals surface area contributed by atoms with Gasteiger partial charge in [0.15, 0.2) is 0 Å². The highest BCUT2D eigenvalue weighted by Gasteiger charge is 2.38. The van der Waals surface area contributed by atoms with Crippen LogP contribution in [0.3, 0.4) is 0 Å². The van der Waals surface area contributed by atoms with Gasteiger partial charge in [0.1, 0.15) is 0 Å². The SMILES string of the molecule is C=N/C=C(\C=NC1(c2ccsc2)CCC1)c1nnc(C(F)F)o1. The third-order valence-corrected chi connectivity index (χ3v) is 4.48. The normalized spacial score (nSPS) is 17.6. The second kappa shape index (κ2) is 6.49. The highest BCUT2D eigenvalue weighted by Crippen LogP contribution is 2.45. The van der Waals surface area contributed by atoms with Gasteiger partial charge in [0.25, 0.3) is 11.8 Å². The lowest BCUT2D eigenvalue weighted by atomic mass is 9.73. The molecule has 0 spiro atoms. The molecule has 1 aliphatic rings. The second-order valence-electron chi connectivity index (χ2n) is 5.17. The molecule has 0 N–H and O–H groups in total. The van der Waals surface area contributed by atoms with E-state index in [1.807, 2.05) is 5.38 Å². The van der Waals surface area contributed by atoms with Crippen LogP contribution in [-0.4, -0.2) is 23.1 Å². The first kappa shape index (κ1) is 15.7. The number of thiophene rings is 1. The standard InChI is InChI=1S/C15H14F2N4OS/c1-18-7-10(13-20-21-14(22-13)12(16)17)8-19-15(4-2-5-15)11-3-6-23-9-11/h3,6-9,12H,1-2,4-5H2/b10-7+,19-8?. The van der Waals surface area contributed by atoms with E-state index >= 15 is 0 Å². The van der Waals surface area contributed by atoms with Gasteiger partial charge < -0.3 is 4.42 Å². The molecule has 2 aromatic rings. The monoisotopic (exact) mass is 336 g/mol. The average molecular weight is 336 g/mol. The van der Waals surface area contributed by atoms with Crippen molar-refractivity contribution >= 4 is 29.8 Å². The lowest BCUT2D eigenvalue weighted by Crippen LogP contribution is -2.31. The summed E-state index contributed by atoms with van der Waals surface area (Å²) in [4.78, 5) is 8.32. The first-order valence-corrected chi connectivity index (χ1v) is 7.95. The van der Waals surface area contributed by atoms with E-state index in [1.54, 1.807) is 17.6 Å². The van der Waals surface area contributed by atoms with E-state index in [0.29, 0.717) is 5.57 Å². The molecule has 1 aliphatic carbocycles. The first-order valence-electron chi connectivity index (χ1n) is 7.00. The van der Waals surface area contributed by atoms with E-state index in [2.05, 4.69) is 38.3 Å². The van der Waals surface area contributed by atoms with E-state index in [9.17, 15) is 8.78 Å². The molecule has 8 heteroatoms. The molecule has 120 valence electrons. The lowest BCUT2D eigenvalue weighted by Gasteiger charge is -2.37. The summed E-state index contributed by atoms with van der Waals surface area (Å²) in [5, 5.41) is 11.0. The molecule has 23 heavy (non-hydrogen) atoms. The van der Waals surface area contributed by atoms with E-state index in [4.69, 9.17) is 4.42 Å². The fraction of sp³-hybridized carbons (Fsp3) is 0.333. The maximum absolute atomic E-state index is 12.6. The van der Waals surface area contributed by atoms with Crippen LogP contribution in [0.2, 0.25) is 0 Å². The van der Waals surface area contributed by atoms with Crippen LogP contribution < -0.4 is 0 Å². The zero-order valence-electron chi connectivity index (χ0n) is 12.2. The predicted octanol–water partition coefficient (Wildman–Crippen LogP) is 4.26. The molecule has 1 saturated carbocycles. The quantitative estimate of drug-likeness (QED) is 0.740. The van der Waals surface area contributed by atoms with Crippen molar-refractivity contribution in [3.05, 3.63) is 40.4 Å². The number of alkyl halides is 2.